The summed E-state index contributed by atoms with van der Waals surface area (Å²) in [4.78, 5) is 54.5. The zero-order valence-electron chi connectivity index (χ0n) is 32.0. The second-order valence-electron chi connectivity index (χ2n) is 13.2. The number of nitrogens with one attached hydrogen (secondary N) is 4. The molecule has 0 aliphatic rings. The van der Waals surface area contributed by atoms with Gasteiger partial charge in [0.05, 0.1) is 51.9 Å². The Hall–Kier alpha value is -8.08. The third kappa shape index (κ3) is 10.2. The summed E-state index contributed by atoms with van der Waals surface area (Å²) in [5.74, 6) is 1.18. The van der Waals surface area contributed by atoms with E-state index in [1.165, 1.54) is 19.2 Å². The fourth-order valence-electron chi connectivity index (χ4n) is 6.29. The Balaban J connectivity index is 0.000000179. The van der Waals surface area contributed by atoms with Crippen molar-refractivity contribution < 1.29 is 9.72 Å². The van der Waals surface area contributed by atoms with Crippen LogP contribution in [0, 0.1) is 10.1 Å². The number of aromatic amines is 1. The van der Waals surface area contributed by atoms with Crippen LogP contribution in [0.1, 0.15) is 18.9 Å². The number of carbonyl (C=O) groups excluding carboxylic acids is 1. The molecule has 5 aromatic heterocycles. The summed E-state index contributed by atoms with van der Waals surface area (Å²) in [6.45, 7) is 3.39. The molecule has 5 heterocycles. The molecular weight excluding hydrogens is 749 g/mol. The lowest BCUT2D eigenvalue weighted by molar-refractivity contribution is -0.385. The molecule has 0 unspecified atom stereocenters. The van der Waals surface area contributed by atoms with Crippen LogP contribution in [0.3, 0.4) is 0 Å². The van der Waals surface area contributed by atoms with Crippen LogP contribution < -0.4 is 21.7 Å². The van der Waals surface area contributed by atoms with Crippen molar-refractivity contribution in [3.8, 4) is 33.8 Å². The van der Waals surface area contributed by atoms with E-state index in [-0.39, 0.29) is 17.5 Å². The van der Waals surface area contributed by atoms with Crippen molar-refractivity contribution in [2.45, 2.75) is 26.3 Å². The molecule has 0 radical (unpaired) electrons. The molecule has 17 nitrogen and oxygen atoms in total. The van der Waals surface area contributed by atoms with Crippen molar-refractivity contribution in [1.29, 1.82) is 0 Å². The van der Waals surface area contributed by atoms with Gasteiger partial charge >= 0.3 is 0 Å². The molecule has 8 rings (SSSR count). The van der Waals surface area contributed by atoms with Crippen LogP contribution >= 0.6 is 0 Å². The number of aromatic nitrogens is 9. The number of nitrogens with two attached hydrogens (primary N) is 1. The van der Waals surface area contributed by atoms with Gasteiger partial charge in [0, 0.05) is 67.4 Å². The van der Waals surface area contributed by atoms with E-state index in [0.717, 1.165) is 75.4 Å². The average Bonchev–Trinajstić information content (AvgIpc) is 3.95. The second-order valence-corrected chi connectivity index (χ2v) is 13.2. The summed E-state index contributed by atoms with van der Waals surface area (Å²) in [6.07, 6.45) is 11.9. The number of imidazole rings is 2. The normalized spacial score (nSPS) is 10.7. The zero-order valence-corrected chi connectivity index (χ0v) is 32.0. The smallest absolute Gasteiger partial charge is 0.287 e. The van der Waals surface area contributed by atoms with E-state index in [9.17, 15) is 14.9 Å². The number of rotatable bonds is 14. The number of nitro groups is 1. The Morgan fingerprint density at radius 3 is 2.41 bits per heavy atom. The molecule has 0 saturated carbocycles. The van der Waals surface area contributed by atoms with Crippen LogP contribution in [0.2, 0.25) is 0 Å². The third-order valence-corrected chi connectivity index (χ3v) is 9.06. The number of fused-ring (bicyclic) bond motifs is 1. The lowest BCUT2D eigenvalue weighted by Crippen LogP contribution is -2.15. The van der Waals surface area contributed by atoms with Crippen molar-refractivity contribution >= 4 is 46.0 Å². The second kappa shape index (κ2) is 18.7. The number of H-pyrrole nitrogens is 1. The fraction of sp³-hybridized carbons (Fsp3) is 0.143. The summed E-state index contributed by atoms with van der Waals surface area (Å²) in [6, 6.07) is 28.4. The Labute approximate surface area is 338 Å². The highest BCUT2D eigenvalue weighted by Gasteiger charge is 2.15. The Bertz CT molecular complexity index is 2650. The maximum absolute atomic E-state index is 11.1. The Morgan fingerprint density at radius 1 is 0.847 bits per heavy atom. The van der Waals surface area contributed by atoms with Gasteiger partial charge in [-0.05, 0) is 54.8 Å². The van der Waals surface area contributed by atoms with E-state index < -0.39 is 4.92 Å². The molecule has 1 amide bonds. The van der Waals surface area contributed by atoms with E-state index in [1.54, 1.807) is 24.7 Å². The lowest BCUT2D eigenvalue weighted by atomic mass is 9.97. The summed E-state index contributed by atoms with van der Waals surface area (Å²) in [7, 11) is 0. The third-order valence-electron chi connectivity index (χ3n) is 9.06. The van der Waals surface area contributed by atoms with Crippen molar-refractivity contribution in [2.24, 2.45) is 0 Å². The first kappa shape index (κ1) is 39.2. The fourth-order valence-corrected chi connectivity index (χ4v) is 6.29. The summed E-state index contributed by atoms with van der Waals surface area (Å²) in [5.41, 5.74) is 15.4. The minimum absolute atomic E-state index is 0.0519. The highest BCUT2D eigenvalue weighted by Crippen LogP contribution is 2.32. The van der Waals surface area contributed by atoms with Crippen molar-refractivity contribution in [1.82, 2.24) is 44.4 Å². The monoisotopic (exact) mass is 788 g/mol. The molecule has 17 heteroatoms. The maximum Gasteiger partial charge on any atom is 0.287 e. The predicted molar refractivity (Wildman–Crippen MR) is 227 cm³/mol. The minimum atomic E-state index is -0.490. The van der Waals surface area contributed by atoms with Crippen LogP contribution in [-0.2, 0) is 17.8 Å². The number of carbonyl (C=O) groups is 1. The van der Waals surface area contributed by atoms with E-state index in [4.69, 9.17) is 5.73 Å². The van der Waals surface area contributed by atoms with Crippen LogP contribution in [0.25, 0.3) is 44.8 Å². The van der Waals surface area contributed by atoms with Gasteiger partial charge in [0.1, 0.15) is 12.0 Å². The van der Waals surface area contributed by atoms with E-state index >= 15 is 0 Å². The van der Waals surface area contributed by atoms with Gasteiger partial charge in [0.25, 0.3) is 5.69 Å². The van der Waals surface area contributed by atoms with Gasteiger partial charge < -0.3 is 31.2 Å². The molecule has 8 aromatic rings. The number of aryl methyl sites for hydroxylation is 2. The summed E-state index contributed by atoms with van der Waals surface area (Å²) in [5, 5.41) is 19.5. The van der Waals surface area contributed by atoms with E-state index in [2.05, 4.69) is 78.6 Å². The molecule has 6 N–H and O–H groups in total. The van der Waals surface area contributed by atoms with Gasteiger partial charge in [-0.15, -0.1) is 0 Å². The quantitative estimate of drug-likeness (QED) is 0.0424. The first-order valence-electron chi connectivity index (χ1n) is 18.7. The standard InChI is InChI=1S/C23H21N7.C19H19N7O3/c24-23-26-12-16(6-5-11-30-15-28-19-9-3-4-10-21(19)30)22(29-23)18-8-2-1-7-17(18)20-13-25-14-27-20;1-13(27)24-15-4-2-14(3-5-15)17-8-9-21-19(25-17)22-11-10-20-18-7-6-16(12-23-18)26(28)29/h1-4,7-10,12-15H,5-6,11H2,(H,25,27)(H2,24,26,29);2-9,12H,10-11H2,1H3,(H,20,23)(H,24,27)(H,21,22,25). The molecule has 0 bridgehead atoms. The molecule has 0 aliphatic carbocycles. The van der Waals surface area contributed by atoms with Gasteiger partial charge in [-0.2, -0.15) is 0 Å². The van der Waals surface area contributed by atoms with Crippen LogP contribution in [0.15, 0.2) is 128 Å². The lowest BCUT2D eigenvalue weighted by Gasteiger charge is -2.13. The first-order chi connectivity index (χ1) is 28.8. The first-order valence-corrected chi connectivity index (χ1v) is 18.7. The van der Waals surface area contributed by atoms with Gasteiger partial charge in [-0.1, -0.05) is 48.5 Å². The molecular formula is C42H40N14O3. The number of pyridine rings is 1. The van der Waals surface area contributed by atoms with Gasteiger partial charge in [0.15, 0.2) is 0 Å². The molecule has 0 spiro atoms. The van der Waals surface area contributed by atoms with E-state index in [1.807, 2.05) is 73.3 Å². The van der Waals surface area contributed by atoms with Crippen molar-refractivity contribution in [2.75, 3.05) is 34.8 Å². The maximum atomic E-state index is 11.1. The number of benzene rings is 3. The SMILES string of the molecule is CC(=O)Nc1ccc(-c2ccnc(NCCNc3ccc([N+](=O)[O-])cn3)n2)cc1.Nc1ncc(CCCn2cnc3ccccc32)c(-c2ccccc2-c2cnc[nH]2)n1. The molecule has 0 atom stereocenters. The Kier molecular flexibility index (Phi) is 12.4. The Morgan fingerprint density at radius 2 is 1.64 bits per heavy atom. The number of para-hydroxylation sites is 2. The molecule has 3 aromatic carbocycles. The highest BCUT2D eigenvalue weighted by atomic mass is 16.6. The number of hydrogen-bond donors (Lipinski definition) is 5. The molecule has 0 fully saturated rings. The largest absolute Gasteiger partial charge is 0.368 e. The number of hydrogen-bond acceptors (Lipinski definition) is 13. The van der Waals surface area contributed by atoms with Crippen LogP contribution in [0.4, 0.5) is 29.1 Å². The molecule has 296 valence electrons. The number of anilines is 4. The number of amides is 1. The number of nitrogen functional groups attached to an aromatic ring is 1. The van der Waals surface area contributed by atoms with Crippen molar-refractivity contribution in [3.63, 3.8) is 0 Å². The predicted octanol–water partition coefficient (Wildman–Crippen LogP) is 7.03. The summed E-state index contributed by atoms with van der Waals surface area (Å²) >= 11 is 0. The topological polar surface area (TPSA) is 233 Å². The van der Waals surface area contributed by atoms with Gasteiger partial charge in [-0.3, -0.25) is 14.9 Å². The molecule has 0 saturated heterocycles. The minimum Gasteiger partial charge on any atom is -0.368 e. The highest BCUT2D eigenvalue weighted by molar-refractivity contribution is 5.89. The zero-order chi connectivity index (χ0) is 41.0. The summed E-state index contributed by atoms with van der Waals surface area (Å²) < 4.78 is 2.19. The van der Waals surface area contributed by atoms with E-state index in [0.29, 0.717) is 24.9 Å². The molecule has 0 aliphatic heterocycles. The van der Waals surface area contributed by atoms with Gasteiger partial charge in [0.2, 0.25) is 17.8 Å². The van der Waals surface area contributed by atoms with Crippen molar-refractivity contribution in [3.05, 3.63) is 144 Å². The molecule has 59 heavy (non-hydrogen) atoms. The van der Waals surface area contributed by atoms with Gasteiger partial charge in [-0.25, -0.2) is 34.9 Å². The number of nitrogens with zero attached hydrogens (tertiary/aromatic N) is 9. The van der Waals surface area contributed by atoms with Crippen LogP contribution in [0.5, 0.6) is 0 Å². The average molecular weight is 789 g/mol. The van der Waals surface area contributed by atoms with Crippen LogP contribution in [-0.4, -0.2) is 68.4 Å².